The normalized spacial score (nSPS) is 11.2. The number of hydrogen-bond donors (Lipinski definition) is 2. The Bertz CT molecular complexity index is 572. The zero-order valence-corrected chi connectivity index (χ0v) is 11.6. The SMILES string of the molecule is CNC(=S)NN=C(C)c1ccc(-n2ccnc2)cc1. The molecule has 0 amide bonds. The van der Waals surface area contributed by atoms with Crippen LogP contribution in [0.3, 0.4) is 0 Å². The van der Waals surface area contributed by atoms with E-state index in [2.05, 4.69) is 20.8 Å². The van der Waals surface area contributed by atoms with Gasteiger partial charge in [0.05, 0.1) is 12.0 Å². The smallest absolute Gasteiger partial charge is 0.186 e. The molecule has 0 saturated heterocycles. The molecule has 0 spiro atoms. The Morgan fingerprint density at radius 3 is 2.63 bits per heavy atom. The summed E-state index contributed by atoms with van der Waals surface area (Å²) in [5, 5.41) is 7.50. The summed E-state index contributed by atoms with van der Waals surface area (Å²) in [6, 6.07) is 8.06. The highest BCUT2D eigenvalue weighted by Crippen LogP contribution is 2.09. The monoisotopic (exact) mass is 273 g/mol. The van der Waals surface area contributed by atoms with E-state index in [1.807, 2.05) is 42.0 Å². The second-order valence-corrected chi connectivity index (χ2v) is 4.31. The lowest BCUT2D eigenvalue weighted by atomic mass is 10.1. The summed E-state index contributed by atoms with van der Waals surface area (Å²) in [5.41, 5.74) is 5.74. The van der Waals surface area contributed by atoms with E-state index in [1.165, 1.54) is 0 Å². The van der Waals surface area contributed by atoms with Crippen molar-refractivity contribution in [3.05, 3.63) is 48.5 Å². The predicted octanol–water partition coefficient (Wildman–Crippen LogP) is 1.69. The molecule has 0 aliphatic rings. The summed E-state index contributed by atoms with van der Waals surface area (Å²) in [6.07, 6.45) is 5.43. The topological polar surface area (TPSA) is 54.2 Å². The molecule has 0 unspecified atom stereocenters. The quantitative estimate of drug-likeness (QED) is 0.508. The highest BCUT2D eigenvalue weighted by molar-refractivity contribution is 7.80. The van der Waals surface area contributed by atoms with Gasteiger partial charge in [0, 0.05) is 25.1 Å². The zero-order valence-electron chi connectivity index (χ0n) is 10.8. The van der Waals surface area contributed by atoms with Crippen molar-refractivity contribution in [2.75, 3.05) is 7.05 Å². The van der Waals surface area contributed by atoms with Gasteiger partial charge in [-0.1, -0.05) is 12.1 Å². The Morgan fingerprint density at radius 2 is 2.05 bits per heavy atom. The summed E-state index contributed by atoms with van der Waals surface area (Å²) >= 11 is 4.96. The third-order valence-electron chi connectivity index (χ3n) is 2.64. The molecule has 0 saturated carbocycles. The zero-order chi connectivity index (χ0) is 13.7. The number of nitrogens with one attached hydrogen (secondary N) is 2. The van der Waals surface area contributed by atoms with Gasteiger partial charge in [-0.3, -0.25) is 5.43 Å². The van der Waals surface area contributed by atoms with Gasteiger partial charge in [0.2, 0.25) is 0 Å². The number of thiocarbonyl (C=S) groups is 1. The molecule has 0 aliphatic carbocycles. The van der Waals surface area contributed by atoms with Gasteiger partial charge >= 0.3 is 0 Å². The summed E-state index contributed by atoms with van der Waals surface area (Å²) in [7, 11) is 1.75. The lowest BCUT2D eigenvalue weighted by Gasteiger charge is -2.06. The van der Waals surface area contributed by atoms with Crippen molar-refractivity contribution < 1.29 is 0 Å². The van der Waals surface area contributed by atoms with Crippen molar-refractivity contribution in [2.24, 2.45) is 5.10 Å². The predicted molar refractivity (Wildman–Crippen MR) is 80.6 cm³/mol. The third-order valence-corrected chi connectivity index (χ3v) is 2.94. The highest BCUT2D eigenvalue weighted by atomic mass is 32.1. The Kier molecular flexibility index (Phi) is 4.25. The van der Waals surface area contributed by atoms with E-state index < -0.39 is 0 Å². The first-order valence-corrected chi connectivity index (χ1v) is 6.22. The van der Waals surface area contributed by atoms with Crippen LogP contribution in [-0.2, 0) is 0 Å². The number of aromatic nitrogens is 2. The fourth-order valence-electron chi connectivity index (χ4n) is 1.54. The first-order valence-electron chi connectivity index (χ1n) is 5.81. The first-order chi connectivity index (χ1) is 9.20. The lowest BCUT2D eigenvalue weighted by molar-refractivity contribution is 0.973. The second kappa shape index (κ2) is 6.10. The highest BCUT2D eigenvalue weighted by Gasteiger charge is 2.00. The molecule has 98 valence electrons. The van der Waals surface area contributed by atoms with Crippen LogP contribution in [0.5, 0.6) is 0 Å². The van der Waals surface area contributed by atoms with Crippen LogP contribution in [0.15, 0.2) is 48.1 Å². The molecule has 0 radical (unpaired) electrons. The van der Waals surface area contributed by atoms with Crippen LogP contribution >= 0.6 is 12.2 Å². The summed E-state index contributed by atoms with van der Waals surface area (Å²) in [6.45, 7) is 1.93. The molecule has 2 rings (SSSR count). The molecule has 2 aromatic rings. The number of benzene rings is 1. The summed E-state index contributed by atoms with van der Waals surface area (Å²) < 4.78 is 1.95. The fourth-order valence-corrected chi connectivity index (χ4v) is 1.59. The number of hydrazone groups is 1. The number of hydrogen-bond acceptors (Lipinski definition) is 3. The van der Waals surface area contributed by atoms with Crippen LogP contribution in [-0.4, -0.2) is 27.4 Å². The Morgan fingerprint density at radius 1 is 1.32 bits per heavy atom. The van der Waals surface area contributed by atoms with E-state index in [0.29, 0.717) is 5.11 Å². The van der Waals surface area contributed by atoms with Crippen molar-refractivity contribution in [3.63, 3.8) is 0 Å². The maximum atomic E-state index is 4.96. The van der Waals surface area contributed by atoms with E-state index in [0.717, 1.165) is 17.0 Å². The van der Waals surface area contributed by atoms with Crippen molar-refractivity contribution in [1.82, 2.24) is 20.3 Å². The van der Waals surface area contributed by atoms with Crippen molar-refractivity contribution in [3.8, 4) is 5.69 Å². The first kappa shape index (κ1) is 13.2. The van der Waals surface area contributed by atoms with Gasteiger partial charge in [0.25, 0.3) is 0 Å². The average molecular weight is 273 g/mol. The van der Waals surface area contributed by atoms with Crippen LogP contribution in [0.4, 0.5) is 0 Å². The van der Waals surface area contributed by atoms with Crippen LogP contribution < -0.4 is 10.7 Å². The molecule has 1 heterocycles. The molecule has 0 atom stereocenters. The van der Waals surface area contributed by atoms with Crippen molar-refractivity contribution >= 4 is 23.0 Å². The van der Waals surface area contributed by atoms with Gasteiger partial charge in [-0.25, -0.2) is 4.98 Å². The minimum atomic E-state index is 0.495. The van der Waals surface area contributed by atoms with Gasteiger partial charge in [0.15, 0.2) is 5.11 Å². The molecule has 0 fully saturated rings. The van der Waals surface area contributed by atoms with Gasteiger partial charge < -0.3 is 9.88 Å². The largest absolute Gasteiger partial charge is 0.364 e. The fraction of sp³-hybridized carbons (Fsp3) is 0.154. The summed E-state index contributed by atoms with van der Waals surface area (Å²) in [5.74, 6) is 0. The number of nitrogens with zero attached hydrogens (tertiary/aromatic N) is 3. The van der Waals surface area contributed by atoms with Gasteiger partial charge in [0.1, 0.15) is 0 Å². The van der Waals surface area contributed by atoms with E-state index in [9.17, 15) is 0 Å². The van der Waals surface area contributed by atoms with Gasteiger partial charge in [-0.05, 0) is 36.8 Å². The minimum absolute atomic E-state index is 0.495. The molecule has 6 heteroatoms. The maximum absolute atomic E-state index is 4.96. The molecular weight excluding hydrogens is 258 g/mol. The molecule has 19 heavy (non-hydrogen) atoms. The van der Waals surface area contributed by atoms with Gasteiger partial charge in [-0.15, -0.1) is 0 Å². The van der Waals surface area contributed by atoms with E-state index in [4.69, 9.17) is 12.2 Å². The van der Waals surface area contributed by atoms with Crippen LogP contribution in [0.2, 0.25) is 0 Å². The Labute approximate surface area is 117 Å². The van der Waals surface area contributed by atoms with Crippen LogP contribution in [0.25, 0.3) is 5.69 Å². The molecule has 0 bridgehead atoms. The average Bonchev–Trinajstić information content (AvgIpc) is 2.98. The molecule has 5 nitrogen and oxygen atoms in total. The van der Waals surface area contributed by atoms with E-state index >= 15 is 0 Å². The number of rotatable bonds is 3. The third kappa shape index (κ3) is 3.38. The van der Waals surface area contributed by atoms with Crippen LogP contribution in [0.1, 0.15) is 12.5 Å². The van der Waals surface area contributed by atoms with E-state index in [-0.39, 0.29) is 0 Å². The summed E-state index contributed by atoms with van der Waals surface area (Å²) in [4.78, 5) is 4.02. The van der Waals surface area contributed by atoms with Gasteiger partial charge in [-0.2, -0.15) is 5.10 Å². The van der Waals surface area contributed by atoms with Crippen LogP contribution in [0, 0.1) is 0 Å². The van der Waals surface area contributed by atoms with Crippen molar-refractivity contribution in [2.45, 2.75) is 6.92 Å². The van der Waals surface area contributed by atoms with Crippen molar-refractivity contribution in [1.29, 1.82) is 0 Å². The Balaban J connectivity index is 2.12. The molecular formula is C13H15N5S. The second-order valence-electron chi connectivity index (χ2n) is 3.90. The lowest BCUT2D eigenvalue weighted by Crippen LogP contribution is -2.29. The van der Waals surface area contributed by atoms with E-state index in [1.54, 1.807) is 19.6 Å². The molecule has 2 N–H and O–H groups in total. The molecule has 0 aliphatic heterocycles. The maximum Gasteiger partial charge on any atom is 0.186 e. The Hall–Kier alpha value is -2.21. The standard InChI is InChI=1S/C13H15N5S/c1-10(16-17-13(19)14-2)11-3-5-12(6-4-11)18-8-7-15-9-18/h3-9H,1-2H3,(H2,14,17,19). The minimum Gasteiger partial charge on any atom is -0.364 e. The number of imidazole rings is 1. The molecule has 1 aromatic carbocycles. The molecule has 1 aromatic heterocycles.